The van der Waals surface area contributed by atoms with Crippen LogP contribution in [0.3, 0.4) is 0 Å². The molecule has 5 rings (SSSR count). The van der Waals surface area contributed by atoms with E-state index in [0.29, 0.717) is 23.8 Å². The number of hydrogen-bond acceptors (Lipinski definition) is 6. The van der Waals surface area contributed by atoms with Crippen molar-refractivity contribution in [2.75, 3.05) is 17.7 Å². The number of hydrogen-bond donors (Lipinski definition) is 2. The summed E-state index contributed by atoms with van der Waals surface area (Å²) in [6.07, 6.45) is -0.114. The van der Waals surface area contributed by atoms with Gasteiger partial charge in [0.15, 0.2) is 5.13 Å². The van der Waals surface area contributed by atoms with Gasteiger partial charge >= 0.3 is 12.0 Å². The van der Waals surface area contributed by atoms with E-state index >= 15 is 0 Å². The van der Waals surface area contributed by atoms with Gasteiger partial charge in [-0.1, -0.05) is 36.4 Å². The number of rotatable bonds is 4. The lowest BCUT2D eigenvalue weighted by Crippen LogP contribution is -2.35. The van der Waals surface area contributed by atoms with Gasteiger partial charge in [0, 0.05) is 36.6 Å². The standard InChI is InChI=1S/C23H20N4O4S/c1-27-11-15-9-14(7-8-17(15)25-23(27)30)18-12-32-22(24-18)26-20(28)16-10-19(31-21(16)29)13-5-3-2-4-6-13/h2-9,12,16,19H,10-11H2,1H3,(H,25,30)(H,24,26,28). The molecule has 2 atom stereocenters. The predicted molar refractivity (Wildman–Crippen MR) is 120 cm³/mol. The first-order chi connectivity index (χ1) is 15.5. The molecule has 2 aromatic carbocycles. The zero-order valence-electron chi connectivity index (χ0n) is 17.2. The average Bonchev–Trinajstić information content (AvgIpc) is 3.41. The largest absolute Gasteiger partial charge is 0.457 e. The molecule has 2 unspecified atom stereocenters. The first-order valence-corrected chi connectivity index (χ1v) is 11.0. The Bertz CT molecular complexity index is 1210. The Hall–Kier alpha value is -3.72. The number of amides is 3. The number of nitrogens with zero attached hydrogens (tertiary/aromatic N) is 2. The van der Waals surface area contributed by atoms with Crippen molar-refractivity contribution < 1.29 is 19.1 Å². The second-order valence-electron chi connectivity index (χ2n) is 7.81. The van der Waals surface area contributed by atoms with Gasteiger partial charge in [-0.3, -0.25) is 9.59 Å². The lowest BCUT2D eigenvalue weighted by Gasteiger charge is -2.26. The third-order valence-electron chi connectivity index (χ3n) is 5.61. The third-order valence-corrected chi connectivity index (χ3v) is 6.37. The minimum absolute atomic E-state index is 0.135. The van der Waals surface area contributed by atoms with Crippen molar-refractivity contribution in [3.8, 4) is 11.3 Å². The van der Waals surface area contributed by atoms with Gasteiger partial charge in [0.2, 0.25) is 5.91 Å². The molecule has 2 N–H and O–H groups in total. The number of benzene rings is 2. The Labute approximate surface area is 188 Å². The van der Waals surface area contributed by atoms with Crippen LogP contribution in [-0.2, 0) is 20.9 Å². The number of anilines is 2. The molecule has 3 aromatic rings. The number of esters is 1. The lowest BCUT2D eigenvalue weighted by atomic mass is 10.00. The molecule has 162 valence electrons. The molecule has 0 bridgehead atoms. The Morgan fingerprint density at radius 2 is 2.03 bits per heavy atom. The number of ether oxygens (including phenoxy) is 1. The second kappa shape index (κ2) is 8.08. The maximum Gasteiger partial charge on any atom is 0.321 e. The van der Waals surface area contributed by atoms with Crippen LogP contribution in [0.1, 0.15) is 23.7 Å². The Kier molecular flexibility index (Phi) is 5.10. The van der Waals surface area contributed by atoms with Crippen molar-refractivity contribution in [3.05, 3.63) is 65.0 Å². The normalized spacial score (nSPS) is 19.8. The van der Waals surface area contributed by atoms with E-state index in [9.17, 15) is 14.4 Å². The number of fused-ring (bicyclic) bond motifs is 1. The number of urea groups is 1. The molecule has 8 nitrogen and oxygen atoms in total. The van der Waals surface area contributed by atoms with Crippen LogP contribution < -0.4 is 10.6 Å². The number of carbonyl (C=O) groups is 3. The monoisotopic (exact) mass is 448 g/mol. The highest BCUT2D eigenvalue weighted by Gasteiger charge is 2.40. The van der Waals surface area contributed by atoms with Crippen LogP contribution in [0, 0.1) is 5.92 Å². The fourth-order valence-electron chi connectivity index (χ4n) is 3.87. The molecule has 3 amide bonds. The molecule has 32 heavy (non-hydrogen) atoms. The molecule has 0 aliphatic carbocycles. The molecule has 2 aliphatic rings. The SMILES string of the molecule is CN1Cc2cc(-c3csc(NC(=O)C4CC(c5ccccc5)OC4=O)n3)ccc2NC1=O. The van der Waals surface area contributed by atoms with Gasteiger partial charge in [0.25, 0.3) is 0 Å². The first kappa shape index (κ1) is 20.2. The van der Waals surface area contributed by atoms with Crippen LogP contribution in [-0.4, -0.2) is 34.8 Å². The third kappa shape index (κ3) is 3.82. The molecule has 3 heterocycles. The summed E-state index contributed by atoms with van der Waals surface area (Å²) in [5.74, 6) is -1.80. The van der Waals surface area contributed by atoms with Crippen molar-refractivity contribution in [1.82, 2.24) is 9.88 Å². The Morgan fingerprint density at radius 3 is 2.84 bits per heavy atom. The van der Waals surface area contributed by atoms with Gasteiger partial charge in [0.1, 0.15) is 12.0 Å². The van der Waals surface area contributed by atoms with Gasteiger partial charge in [-0.25, -0.2) is 9.78 Å². The number of nitrogens with one attached hydrogen (secondary N) is 2. The highest BCUT2D eigenvalue weighted by Crippen LogP contribution is 2.35. The Balaban J connectivity index is 1.28. The summed E-state index contributed by atoms with van der Waals surface area (Å²) in [7, 11) is 1.73. The molecular formula is C23H20N4O4S. The molecule has 1 aromatic heterocycles. The molecule has 0 radical (unpaired) electrons. The average molecular weight is 449 g/mol. The molecule has 2 aliphatic heterocycles. The number of aromatic nitrogens is 1. The van der Waals surface area contributed by atoms with Crippen LogP contribution in [0.15, 0.2) is 53.9 Å². The summed E-state index contributed by atoms with van der Waals surface area (Å²) in [4.78, 5) is 42.9. The minimum Gasteiger partial charge on any atom is -0.457 e. The van der Waals surface area contributed by atoms with Crippen molar-refractivity contribution in [2.24, 2.45) is 5.92 Å². The van der Waals surface area contributed by atoms with E-state index in [0.717, 1.165) is 22.4 Å². The highest BCUT2D eigenvalue weighted by atomic mass is 32.1. The van der Waals surface area contributed by atoms with E-state index in [-0.39, 0.29) is 6.03 Å². The molecular weight excluding hydrogens is 428 g/mol. The maximum atomic E-state index is 12.7. The van der Waals surface area contributed by atoms with Crippen molar-refractivity contribution in [1.29, 1.82) is 0 Å². The Morgan fingerprint density at radius 1 is 1.22 bits per heavy atom. The first-order valence-electron chi connectivity index (χ1n) is 10.1. The summed E-state index contributed by atoms with van der Waals surface area (Å²) in [6.45, 7) is 0.509. The summed E-state index contributed by atoms with van der Waals surface area (Å²) in [5, 5.41) is 7.86. The highest BCUT2D eigenvalue weighted by molar-refractivity contribution is 7.14. The second-order valence-corrected chi connectivity index (χ2v) is 8.67. The number of carbonyl (C=O) groups excluding carboxylic acids is 3. The summed E-state index contributed by atoms with van der Waals surface area (Å²) >= 11 is 1.29. The van der Waals surface area contributed by atoms with Crippen LogP contribution >= 0.6 is 11.3 Å². The quantitative estimate of drug-likeness (QED) is 0.464. The van der Waals surface area contributed by atoms with E-state index < -0.39 is 23.9 Å². The molecule has 1 saturated heterocycles. The fraction of sp³-hybridized carbons (Fsp3) is 0.217. The van der Waals surface area contributed by atoms with Gasteiger partial charge < -0.3 is 20.3 Å². The molecule has 0 spiro atoms. The van der Waals surface area contributed by atoms with Gasteiger partial charge in [0.05, 0.1) is 5.69 Å². The summed E-state index contributed by atoms with van der Waals surface area (Å²) in [5.41, 5.74) is 4.25. The fourth-order valence-corrected chi connectivity index (χ4v) is 4.59. The van der Waals surface area contributed by atoms with E-state index in [4.69, 9.17) is 4.74 Å². The number of cyclic esters (lactones) is 1. The summed E-state index contributed by atoms with van der Waals surface area (Å²) in [6, 6.07) is 15.0. The van der Waals surface area contributed by atoms with Gasteiger partial charge in [-0.05, 0) is 23.3 Å². The van der Waals surface area contributed by atoms with Crippen LogP contribution in [0.25, 0.3) is 11.3 Å². The zero-order chi connectivity index (χ0) is 22.2. The van der Waals surface area contributed by atoms with E-state index in [1.165, 1.54) is 11.3 Å². The zero-order valence-corrected chi connectivity index (χ0v) is 18.0. The lowest BCUT2D eigenvalue weighted by molar-refractivity contribution is -0.146. The van der Waals surface area contributed by atoms with Crippen LogP contribution in [0.4, 0.5) is 15.6 Å². The van der Waals surface area contributed by atoms with E-state index in [1.807, 2.05) is 53.9 Å². The van der Waals surface area contributed by atoms with Crippen molar-refractivity contribution >= 4 is 40.1 Å². The van der Waals surface area contributed by atoms with Gasteiger partial charge in [-0.15, -0.1) is 11.3 Å². The van der Waals surface area contributed by atoms with E-state index in [1.54, 1.807) is 11.9 Å². The summed E-state index contributed by atoms with van der Waals surface area (Å²) < 4.78 is 5.41. The van der Waals surface area contributed by atoms with Crippen LogP contribution in [0.5, 0.6) is 0 Å². The smallest absolute Gasteiger partial charge is 0.321 e. The van der Waals surface area contributed by atoms with Crippen molar-refractivity contribution in [2.45, 2.75) is 19.1 Å². The van der Waals surface area contributed by atoms with Crippen molar-refractivity contribution in [3.63, 3.8) is 0 Å². The van der Waals surface area contributed by atoms with E-state index in [2.05, 4.69) is 15.6 Å². The topological polar surface area (TPSA) is 101 Å². The maximum absolute atomic E-state index is 12.7. The molecule has 0 saturated carbocycles. The molecule has 1 fully saturated rings. The predicted octanol–water partition coefficient (Wildman–Crippen LogP) is 4.03. The van der Waals surface area contributed by atoms with Crippen LogP contribution in [0.2, 0.25) is 0 Å². The van der Waals surface area contributed by atoms with Gasteiger partial charge in [-0.2, -0.15) is 0 Å². The number of thiazole rings is 1. The molecule has 9 heteroatoms. The minimum atomic E-state index is -0.865.